The zero-order valence-corrected chi connectivity index (χ0v) is 24.5. The summed E-state index contributed by atoms with van der Waals surface area (Å²) < 4.78 is 0.890. The van der Waals surface area contributed by atoms with Crippen LogP contribution in [0, 0.1) is 0 Å². The zero-order chi connectivity index (χ0) is 26.9. The summed E-state index contributed by atoms with van der Waals surface area (Å²) in [5.74, 6) is 0.859. The first kappa shape index (κ1) is 27.9. The maximum absolute atomic E-state index is 5.92. The van der Waals surface area contributed by atoms with E-state index in [1.165, 1.54) is 22.3 Å². The van der Waals surface area contributed by atoms with E-state index in [0.29, 0.717) is 0 Å². The van der Waals surface area contributed by atoms with Gasteiger partial charge in [-0.15, -0.1) is 17.6 Å². The molecular weight excluding hydrogens is 537 g/mol. The summed E-state index contributed by atoms with van der Waals surface area (Å²) in [6.07, 6.45) is 0. The van der Waals surface area contributed by atoms with Crippen molar-refractivity contribution in [3.63, 3.8) is 0 Å². The molecule has 0 aromatic heterocycles. The highest BCUT2D eigenvalue weighted by Gasteiger charge is 2.47. The molecule has 0 radical (unpaired) electrons. The van der Waals surface area contributed by atoms with E-state index in [-0.39, 0.29) is 15.6 Å². The van der Waals surface area contributed by atoms with Crippen molar-refractivity contribution in [2.24, 2.45) is 0 Å². The lowest BCUT2D eigenvalue weighted by Gasteiger charge is -2.28. The number of nitrogens with one attached hydrogen (secondary N) is 1. The molecule has 4 aromatic rings. The topological polar surface area (TPSA) is 21.8 Å². The molecule has 0 saturated carbocycles. The van der Waals surface area contributed by atoms with Gasteiger partial charge in [0.15, 0.2) is 5.88 Å². The fraction of sp³-hybridized carbons (Fsp3) is 0.219. The van der Waals surface area contributed by atoms with E-state index in [4.69, 9.17) is 24.8 Å². The minimum Gasteiger partial charge on any atom is -0.280 e. The van der Waals surface area contributed by atoms with Crippen molar-refractivity contribution in [3.8, 4) is 0 Å². The molecule has 39 heavy (non-hydrogen) atoms. The third-order valence-electron chi connectivity index (χ3n) is 6.66. The second kappa shape index (κ2) is 14.1. The van der Waals surface area contributed by atoms with E-state index in [1.807, 2.05) is 0 Å². The maximum Gasteiger partial charge on any atom is 0.306 e. The lowest BCUT2D eigenvalue weighted by atomic mass is 10.2. The first-order valence-electron chi connectivity index (χ1n) is 13.2. The molecule has 0 spiro atoms. The average Bonchev–Trinajstić information content (AvgIpc) is 3.22. The van der Waals surface area contributed by atoms with Gasteiger partial charge in [-0.25, -0.2) is 0 Å². The Kier molecular flexibility index (Phi) is 10.1. The van der Waals surface area contributed by atoms with Gasteiger partial charge in [0.2, 0.25) is 4.71 Å². The van der Waals surface area contributed by atoms with Gasteiger partial charge in [-0.3, -0.25) is 15.2 Å². The van der Waals surface area contributed by atoms with E-state index < -0.39 is 0 Å². The summed E-state index contributed by atoms with van der Waals surface area (Å²) in [6, 6.07) is 42.7. The molecule has 5 rings (SSSR count). The Morgan fingerprint density at radius 2 is 0.974 bits per heavy atom. The summed E-state index contributed by atoms with van der Waals surface area (Å²) in [4.78, 5) is 4.95. The van der Waals surface area contributed by atoms with Crippen LogP contribution in [-0.4, -0.2) is 36.4 Å². The van der Waals surface area contributed by atoms with Crippen LogP contribution in [0.2, 0.25) is 0 Å². The van der Waals surface area contributed by atoms with Gasteiger partial charge in [-0.1, -0.05) is 121 Å². The second-order valence-corrected chi connectivity index (χ2v) is 13.3. The molecule has 0 bridgehead atoms. The number of thiocarbonyl (C=S) groups is 1. The van der Waals surface area contributed by atoms with Crippen molar-refractivity contribution in [3.05, 3.63) is 144 Å². The lowest BCUT2D eigenvalue weighted by molar-refractivity contribution is 0.113. The Hall–Kier alpha value is -2.65. The number of hydrogen-bond acceptors (Lipinski definition) is 5. The molecule has 4 aromatic carbocycles. The summed E-state index contributed by atoms with van der Waals surface area (Å²) in [7, 11) is -0.224. The molecule has 1 aliphatic heterocycles. The van der Waals surface area contributed by atoms with Gasteiger partial charge in [0.05, 0.1) is 6.67 Å². The SMILES string of the molecule is S=C1NN(CN(Cc2ccccc2)Cc2ccccc2)C(S)[S+]1CN(Cc1ccccc1)Cc1ccccc1. The van der Waals surface area contributed by atoms with Crippen LogP contribution in [0.1, 0.15) is 22.3 Å². The normalized spacial score (nSPS) is 17.6. The summed E-state index contributed by atoms with van der Waals surface area (Å²) in [5.41, 5.74) is 8.72. The fourth-order valence-corrected chi connectivity index (χ4v) is 7.88. The van der Waals surface area contributed by atoms with E-state index in [1.54, 1.807) is 0 Å². The Morgan fingerprint density at radius 1 is 0.615 bits per heavy atom. The molecular formula is C32H35N4S3+. The minimum absolute atomic E-state index is 0.000549. The first-order valence-corrected chi connectivity index (χ1v) is 15.6. The van der Waals surface area contributed by atoms with E-state index >= 15 is 0 Å². The van der Waals surface area contributed by atoms with Gasteiger partial charge >= 0.3 is 4.32 Å². The average molecular weight is 572 g/mol. The maximum atomic E-state index is 5.92. The van der Waals surface area contributed by atoms with E-state index in [9.17, 15) is 0 Å². The Bertz CT molecular complexity index is 1210. The highest BCUT2D eigenvalue weighted by atomic mass is 32.2. The third-order valence-corrected chi connectivity index (χ3v) is 10.4. The molecule has 4 nitrogen and oxygen atoms in total. The van der Waals surface area contributed by atoms with Gasteiger partial charge in [-0.05, 0) is 34.5 Å². The van der Waals surface area contributed by atoms with Crippen LogP contribution in [0.15, 0.2) is 121 Å². The van der Waals surface area contributed by atoms with E-state index in [0.717, 1.165) is 43.0 Å². The molecule has 1 N–H and O–H groups in total. The molecule has 0 aliphatic carbocycles. The highest BCUT2D eigenvalue weighted by molar-refractivity contribution is 8.25. The first-order chi connectivity index (χ1) is 19.1. The second-order valence-electron chi connectivity index (χ2n) is 9.81. The van der Waals surface area contributed by atoms with Crippen LogP contribution in [0.3, 0.4) is 0 Å². The predicted molar refractivity (Wildman–Crippen MR) is 172 cm³/mol. The molecule has 7 heteroatoms. The number of hydrazine groups is 1. The van der Waals surface area contributed by atoms with Crippen molar-refractivity contribution in [2.75, 3.05) is 12.5 Å². The van der Waals surface area contributed by atoms with Crippen molar-refractivity contribution in [2.45, 2.75) is 30.9 Å². The van der Waals surface area contributed by atoms with Crippen LogP contribution in [0.4, 0.5) is 0 Å². The molecule has 1 fully saturated rings. The monoisotopic (exact) mass is 571 g/mol. The third kappa shape index (κ3) is 8.18. The van der Waals surface area contributed by atoms with E-state index in [2.05, 4.69) is 142 Å². The number of nitrogens with zero attached hydrogens (tertiary/aromatic N) is 3. The molecule has 2 unspecified atom stereocenters. The summed E-state index contributed by atoms with van der Waals surface area (Å²) in [5, 5.41) is 2.21. The van der Waals surface area contributed by atoms with Gasteiger partial charge in [-0.2, -0.15) is 0 Å². The molecule has 0 amide bonds. The van der Waals surface area contributed by atoms with Crippen LogP contribution in [0.25, 0.3) is 0 Å². The van der Waals surface area contributed by atoms with Gasteiger partial charge in [0, 0.05) is 26.2 Å². The summed E-state index contributed by atoms with van der Waals surface area (Å²) >= 11 is 11.1. The molecule has 1 saturated heterocycles. The number of hydrogen-bond donors (Lipinski definition) is 2. The predicted octanol–water partition coefficient (Wildman–Crippen LogP) is 6.24. The number of rotatable bonds is 12. The fourth-order valence-electron chi connectivity index (χ4n) is 4.79. The minimum atomic E-state index is -0.224. The van der Waals surface area contributed by atoms with Crippen LogP contribution >= 0.6 is 24.8 Å². The zero-order valence-electron chi connectivity index (χ0n) is 22.0. The van der Waals surface area contributed by atoms with Crippen molar-refractivity contribution >= 4 is 40.1 Å². The van der Waals surface area contributed by atoms with Gasteiger partial charge in [0.25, 0.3) is 0 Å². The van der Waals surface area contributed by atoms with Crippen molar-refractivity contribution < 1.29 is 0 Å². The van der Waals surface area contributed by atoms with Crippen molar-refractivity contribution in [1.29, 1.82) is 0 Å². The number of thiol groups is 1. The molecule has 1 aliphatic rings. The van der Waals surface area contributed by atoms with Gasteiger partial charge in [0.1, 0.15) is 10.9 Å². The Balaban J connectivity index is 1.29. The molecule has 200 valence electrons. The van der Waals surface area contributed by atoms with Crippen LogP contribution in [0.5, 0.6) is 0 Å². The quantitative estimate of drug-likeness (QED) is 0.119. The largest absolute Gasteiger partial charge is 0.306 e. The molecule has 2 atom stereocenters. The highest BCUT2D eigenvalue weighted by Crippen LogP contribution is 2.26. The number of benzene rings is 4. The lowest BCUT2D eigenvalue weighted by Crippen LogP contribution is -2.44. The standard InChI is InChI=1S/C32H34N4S3/c37-31-33-36(25-34(21-27-13-5-1-6-14-27)22-28-15-7-2-8-16-28)32(38)39(31)26-35(23-29-17-9-3-10-18-29)24-30-19-11-4-12-20-30/h1-20,32H,21-26H2,(H-,33,37,38)/p+1. The Labute approximate surface area is 246 Å². The molecule has 1 heterocycles. The van der Waals surface area contributed by atoms with Crippen molar-refractivity contribution in [1.82, 2.24) is 20.2 Å². The van der Waals surface area contributed by atoms with Crippen LogP contribution < -0.4 is 5.43 Å². The van der Waals surface area contributed by atoms with Crippen LogP contribution in [-0.2, 0) is 37.1 Å². The Morgan fingerprint density at radius 3 is 1.36 bits per heavy atom. The smallest absolute Gasteiger partial charge is 0.280 e. The van der Waals surface area contributed by atoms with Gasteiger partial charge < -0.3 is 0 Å². The summed E-state index contributed by atoms with van der Waals surface area (Å²) in [6.45, 7) is 4.16.